The second-order valence-corrected chi connectivity index (χ2v) is 5.69. The van der Waals surface area contributed by atoms with Crippen molar-refractivity contribution in [3.8, 4) is 5.75 Å². The van der Waals surface area contributed by atoms with Gasteiger partial charge >= 0.3 is 21.6 Å². The average Bonchev–Trinajstić information content (AvgIpc) is 2.79. The highest BCUT2D eigenvalue weighted by Gasteiger charge is 2.48. The number of halogens is 3. The number of alkyl halides is 3. The molecule has 1 heterocycles. The van der Waals surface area contributed by atoms with Gasteiger partial charge < -0.3 is 13.3 Å². The van der Waals surface area contributed by atoms with E-state index >= 15 is 0 Å². The largest absolute Gasteiger partial charge is 0.534 e. The van der Waals surface area contributed by atoms with E-state index in [1.807, 2.05) is 0 Å². The fraction of sp³-hybridized carbons (Fsp3) is 0.250. The molecule has 0 radical (unpaired) electrons. The molecule has 1 aromatic carbocycles. The number of methoxy groups -OCH3 is 1. The molecule has 0 unspecified atom stereocenters. The van der Waals surface area contributed by atoms with E-state index in [1.165, 1.54) is 19.4 Å². The zero-order chi connectivity index (χ0) is 16.5. The summed E-state index contributed by atoms with van der Waals surface area (Å²) in [7, 11) is -4.54. The van der Waals surface area contributed by atoms with Gasteiger partial charge in [-0.25, -0.2) is 0 Å². The third-order valence-corrected chi connectivity index (χ3v) is 3.66. The van der Waals surface area contributed by atoms with Crippen LogP contribution in [-0.4, -0.2) is 27.0 Å². The van der Waals surface area contributed by atoms with Crippen LogP contribution >= 0.6 is 0 Å². The lowest BCUT2D eigenvalue weighted by atomic mass is 10.1. The van der Waals surface area contributed by atoms with Crippen molar-refractivity contribution < 1.29 is 39.7 Å². The molecule has 0 atom stereocenters. The molecule has 2 rings (SSSR count). The molecule has 0 N–H and O–H groups in total. The molecule has 6 nitrogen and oxygen atoms in total. The van der Waals surface area contributed by atoms with Crippen LogP contribution in [0.25, 0.3) is 11.0 Å². The number of rotatable bonds is 4. The Hall–Kier alpha value is -2.23. The number of carbonyl (C=O) groups excluding carboxylic acids is 1. The first-order valence-corrected chi connectivity index (χ1v) is 7.12. The molecule has 0 amide bonds. The molecule has 0 fully saturated rings. The van der Waals surface area contributed by atoms with Crippen molar-refractivity contribution in [2.24, 2.45) is 0 Å². The molecule has 1 aromatic heterocycles. The SMILES string of the molecule is COC(=O)Cc1coc2cc(OS(=O)(=O)C(F)(F)F)ccc12. The molecular formula is C12H9F3O6S. The van der Waals surface area contributed by atoms with Gasteiger partial charge in [-0.2, -0.15) is 21.6 Å². The molecule has 0 spiro atoms. The van der Waals surface area contributed by atoms with Gasteiger partial charge in [-0.15, -0.1) is 0 Å². The topological polar surface area (TPSA) is 82.8 Å². The summed E-state index contributed by atoms with van der Waals surface area (Å²) in [5.74, 6) is -1.08. The Morgan fingerprint density at radius 3 is 2.59 bits per heavy atom. The molecule has 10 heteroatoms. The highest BCUT2D eigenvalue weighted by atomic mass is 32.2. The molecule has 0 aliphatic heterocycles. The number of esters is 1. The summed E-state index contributed by atoms with van der Waals surface area (Å²) in [6.07, 6.45) is 1.13. The monoisotopic (exact) mass is 338 g/mol. The van der Waals surface area contributed by atoms with Gasteiger partial charge in [0.2, 0.25) is 0 Å². The zero-order valence-electron chi connectivity index (χ0n) is 11.0. The summed E-state index contributed by atoms with van der Waals surface area (Å²) in [6, 6.07) is 3.31. The highest BCUT2D eigenvalue weighted by molar-refractivity contribution is 7.88. The summed E-state index contributed by atoms with van der Waals surface area (Å²) in [4.78, 5) is 11.2. The maximum absolute atomic E-state index is 12.2. The third kappa shape index (κ3) is 3.16. The minimum absolute atomic E-state index is 0.0776. The number of fused-ring (bicyclic) bond motifs is 1. The van der Waals surface area contributed by atoms with Crippen LogP contribution in [0.4, 0.5) is 13.2 Å². The van der Waals surface area contributed by atoms with E-state index in [0.29, 0.717) is 10.9 Å². The zero-order valence-corrected chi connectivity index (χ0v) is 11.8. The van der Waals surface area contributed by atoms with Gasteiger partial charge in [-0.3, -0.25) is 4.79 Å². The van der Waals surface area contributed by atoms with Crippen LogP contribution in [0, 0.1) is 0 Å². The van der Waals surface area contributed by atoms with Crippen LogP contribution in [0.5, 0.6) is 5.75 Å². The molecular weight excluding hydrogens is 329 g/mol. The number of hydrogen-bond acceptors (Lipinski definition) is 6. The first kappa shape index (κ1) is 16.1. The summed E-state index contributed by atoms with van der Waals surface area (Å²) >= 11 is 0. The van der Waals surface area contributed by atoms with Crippen molar-refractivity contribution >= 4 is 27.1 Å². The van der Waals surface area contributed by atoms with Crippen LogP contribution in [0.3, 0.4) is 0 Å². The van der Waals surface area contributed by atoms with Crippen LogP contribution in [0.15, 0.2) is 28.9 Å². The maximum Gasteiger partial charge on any atom is 0.534 e. The van der Waals surface area contributed by atoms with Gasteiger partial charge in [0.1, 0.15) is 11.3 Å². The Bertz CT molecular complexity index is 806. The first-order valence-electron chi connectivity index (χ1n) is 5.72. The van der Waals surface area contributed by atoms with Gasteiger partial charge in [0, 0.05) is 17.0 Å². The Morgan fingerprint density at radius 1 is 1.32 bits per heavy atom. The first-order chi connectivity index (χ1) is 10.1. The van der Waals surface area contributed by atoms with Crippen molar-refractivity contribution in [1.29, 1.82) is 0 Å². The minimum Gasteiger partial charge on any atom is -0.469 e. The Balaban J connectivity index is 2.32. The highest BCUT2D eigenvalue weighted by Crippen LogP contribution is 2.30. The summed E-state index contributed by atoms with van der Waals surface area (Å²) in [6.45, 7) is 0. The normalized spacial score (nSPS) is 12.4. The van der Waals surface area contributed by atoms with E-state index in [-0.39, 0.29) is 12.0 Å². The van der Waals surface area contributed by atoms with Crippen molar-refractivity contribution in [2.45, 2.75) is 11.9 Å². The van der Waals surface area contributed by atoms with Gasteiger partial charge in [0.15, 0.2) is 0 Å². The van der Waals surface area contributed by atoms with Crippen molar-refractivity contribution in [3.05, 3.63) is 30.0 Å². The van der Waals surface area contributed by atoms with E-state index in [1.54, 1.807) is 0 Å². The molecule has 120 valence electrons. The lowest BCUT2D eigenvalue weighted by Crippen LogP contribution is -2.28. The minimum atomic E-state index is -5.75. The second kappa shape index (κ2) is 5.52. The van der Waals surface area contributed by atoms with E-state index in [9.17, 15) is 26.4 Å². The van der Waals surface area contributed by atoms with Crippen molar-refractivity contribution in [1.82, 2.24) is 0 Å². The molecule has 0 saturated heterocycles. The number of furan rings is 1. The number of benzene rings is 1. The van der Waals surface area contributed by atoms with Crippen LogP contribution < -0.4 is 4.18 Å². The van der Waals surface area contributed by atoms with Gasteiger partial charge in [-0.1, -0.05) is 0 Å². The van der Waals surface area contributed by atoms with E-state index in [0.717, 1.165) is 12.1 Å². The van der Waals surface area contributed by atoms with Crippen LogP contribution in [0.2, 0.25) is 0 Å². The standard InChI is InChI=1S/C12H9F3O6S/c1-19-11(16)4-7-6-20-10-5-8(2-3-9(7)10)21-22(17,18)12(13,14)15/h2-3,5-6H,4H2,1H3. The number of hydrogen-bond donors (Lipinski definition) is 0. The predicted octanol–water partition coefficient (Wildman–Crippen LogP) is 2.38. The van der Waals surface area contributed by atoms with Crippen LogP contribution in [0.1, 0.15) is 5.56 Å². The predicted molar refractivity (Wildman–Crippen MR) is 67.5 cm³/mol. The smallest absolute Gasteiger partial charge is 0.469 e. The molecule has 2 aromatic rings. The van der Waals surface area contributed by atoms with Gasteiger partial charge in [-0.05, 0) is 12.1 Å². The van der Waals surface area contributed by atoms with E-state index < -0.39 is 27.3 Å². The number of carbonyl (C=O) groups is 1. The fourth-order valence-corrected chi connectivity index (χ4v) is 2.11. The van der Waals surface area contributed by atoms with Gasteiger partial charge in [0.25, 0.3) is 0 Å². The quantitative estimate of drug-likeness (QED) is 0.483. The summed E-state index contributed by atoms with van der Waals surface area (Å²) in [5.41, 5.74) is -5.00. The summed E-state index contributed by atoms with van der Waals surface area (Å²) in [5, 5.41) is 0.433. The lowest BCUT2D eigenvalue weighted by Gasteiger charge is -2.09. The maximum atomic E-state index is 12.2. The van der Waals surface area contributed by atoms with Gasteiger partial charge in [0.05, 0.1) is 19.8 Å². The Kier molecular flexibility index (Phi) is 4.05. The second-order valence-electron chi connectivity index (χ2n) is 4.16. The third-order valence-electron chi connectivity index (χ3n) is 2.68. The Labute approximate surface area is 122 Å². The lowest BCUT2D eigenvalue weighted by molar-refractivity contribution is -0.139. The van der Waals surface area contributed by atoms with Crippen molar-refractivity contribution in [3.63, 3.8) is 0 Å². The average molecular weight is 338 g/mol. The molecule has 0 saturated carbocycles. The van der Waals surface area contributed by atoms with Crippen molar-refractivity contribution in [2.75, 3.05) is 7.11 Å². The van der Waals surface area contributed by atoms with E-state index in [2.05, 4.69) is 8.92 Å². The number of ether oxygens (including phenoxy) is 1. The molecule has 22 heavy (non-hydrogen) atoms. The molecule has 0 bridgehead atoms. The fourth-order valence-electron chi connectivity index (χ4n) is 1.65. The van der Waals surface area contributed by atoms with Crippen LogP contribution in [-0.2, 0) is 26.1 Å². The molecule has 0 aliphatic carbocycles. The summed E-state index contributed by atoms with van der Waals surface area (Å²) < 4.78 is 72.1. The Morgan fingerprint density at radius 2 is 2.00 bits per heavy atom. The molecule has 0 aliphatic rings. The van der Waals surface area contributed by atoms with E-state index in [4.69, 9.17) is 4.42 Å².